The quantitative estimate of drug-likeness (QED) is 0.465. The lowest BCUT2D eigenvalue weighted by molar-refractivity contribution is 0.0988. The normalized spacial score (nSPS) is 23.9. The van der Waals surface area contributed by atoms with Gasteiger partial charge in [0.2, 0.25) is 0 Å². The molecule has 1 saturated heterocycles. The number of rotatable bonds is 1. The van der Waals surface area contributed by atoms with Crippen molar-refractivity contribution < 1.29 is 8.95 Å². The molecule has 0 N–H and O–H groups in total. The van der Waals surface area contributed by atoms with Crippen molar-refractivity contribution in [2.75, 3.05) is 13.2 Å². The Morgan fingerprint density at radius 1 is 1.25 bits per heavy atom. The molecule has 12 heavy (non-hydrogen) atoms. The van der Waals surface area contributed by atoms with Gasteiger partial charge in [0, 0.05) is 12.8 Å². The molecule has 1 atom stereocenters. The highest BCUT2D eigenvalue weighted by Crippen LogP contribution is 2.22. The molecule has 0 spiro atoms. The van der Waals surface area contributed by atoms with Gasteiger partial charge in [-0.15, -0.1) is 4.21 Å². The van der Waals surface area contributed by atoms with E-state index < -0.39 is 10.8 Å². The fourth-order valence-corrected chi connectivity index (χ4v) is 3.24. The van der Waals surface area contributed by atoms with E-state index in [0.29, 0.717) is 5.25 Å². The molecule has 0 amide bonds. The Morgan fingerprint density at radius 3 is 2.17 bits per heavy atom. The highest BCUT2D eigenvalue weighted by molar-refractivity contribution is 7.86. The van der Waals surface area contributed by atoms with E-state index in [2.05, 4.69) is 20.8 Å². The van der Waals surface area contributed by atoms with Crippen molar-refractivity contribution in [1.29, 1.82) is 0 Å². The first-order chi connectivity index (χ1) is 5.52. The van der Waals surface area contributed by atoms with Crippen LogP contribution in [-0.4, -0.2) is 23.2 Å². The van der Waals surface area contributed by atoms with Crippen LogP contribution in [-0.2, 0) is 19.7 Å². The highest BCUT2D eigenvalue weighted by atomic mass is 32.2. The minimum absolute atomic E-state index is 0.0304. The van der Waals surface area contributed by atoms with Crippen LogP contribution in [0.1, 0.15) is 33.6 Å². The van der Waals surface area contributed by atoms with Crippen molar-refractivity contribution in [2.45, 2.75) is 43.6 Å². The van der Waals surface area contributed by atoms with Crippen molar-refractivity contribution in [3.05, 3.63) is 0 Å². The topological polar surface area (TPSA) is 26.3 Å². The molecular formula is C9H19O2S+. The van der Waals surface area contributed by atoms with Gasteiger partial charge in [0.15, 0.2) is 0 Å². The maximum Gasteiger partial charge on any atom is 0.125 e. The molecule has 1 aliphatic heterocycles. The van der Waals surface area contributed by atoms with E-state index in [-0.39, 0.29) is 4.75 Å². The monoisotopic (exact) mass is 191 g/mol. The summed E-state index contributed by atoms with van der Waals surface area (Å²) in [6.07, 6.45) is 1.96. The molecule has 0 aromatic heterocycles. The zero-order chi connectivity index (χ0) is 9.19. The zero-order valence-corrected chi connectivity index (χ0v) is 9.06. The third-order valence-corrected chi connectivity index (χ3v) is 4.69. The molecule has 1 rings (SSSR count). The number of hydrogen-bond donors (Lipinski definition) is 0. The Hall–Kier alpha value is 0.110. The molecule has 1 heterocycles. The standard InChI is InChI=1S/C9H18O2S/c1-9(2,3)12(10)8-4-6-11-7-5-8/h8H,4-7H2,1-3H3/p+1. The van der Waals surface area contributed by atoms with E-state index >= 15 is 0 Å². The molecular weight excluding hydrogens is 172 g/mol. The number of hydrogen-bond acceptors (Lipinski definition) is 2. The van der Waals surface area contributed by atoms with Crippen LogP contribution in [0, 0.1) is 0 Å². The van der Waals surface area contributed by atoms with Gasteiger partial charge in [-0.25, -0.2) is 0 Å². The zero-order valence-electron chi connectivity index (χ0n) is 8.17. The molecule has 1 unspecified atom stereocenters. The second-order valence-corrected chi connectivity index (χ2v) is 7.06. The van der Waals surface area contributed by atoms with Crippen LogP contribution in [0.15, 0.2) is 0 Å². The van der Waals surface area contributed by atoms with Gasteiger partial charge < -0.3 is 4.74 Å². The second-order valence-electron chi connectivity index (χ2n) is 4.34. The molecule has 3 heteroatoms. The molecule has 1 aliphatic rings. The summed E-state index contributed by atoms with van der Waals surface area (Å²) in [5, 5.41) is 0.397. The Kier molecular flexibility index (Phi) is 3.29. The third kappa shape index (κ3) is 2.56. The summed E-state index contributed by atoms with van der Waals surface area (Å²) in [6, 6.07) is 0. The van der Waals surface area contributed by atoms with Crippen molar-refractivity contribution in [3.63, 3.8) is 0 Å². The van der Waals surface area contributed by atoms with Gasteiger partial charge in [0.25, 0.3) is 0 Å². The fraction of sp³-hybridized carbons (Fsp3) is 1.00. The number of thiol groups is 1. The Balaban J connectivity index is 2.51. The van der Waals surface area contributed by atoms with Crippen LogP contribution in [0.5, 0.6) is 0 Å². The second kappa shape index (κ2) is 3.88. The number of ether oxygens (including phenoxy) is 1. The first-order valence-corrected chi connectivity index (χ1v) is 5.89. The van der Waals surface area contributed by atoms with Crippen molar-refractivity contribution in [1.82, 2.24) is 0 Å². The predicted molar refractivity (Wildman–Crippen MR) is 53.0 cm³/mol. The lowest BCUT2D eigenvalue weighted by Gasteiger charge is -2.23. The Bertz CT molecular complexity index is 166. The summed E-state index contributed by atoms with van der Waals surface area (Å²) in [4.78, 5) is 0. The van der Waals surface area contributed by atoms with E-state index in [4.69, 9.17) is 4.74 Å². The van der Waals surface area contributed by atoms with E-state index in [0.717, 1.165) is 26.1 Å². The predicted octanol–water partition coefficient (Wildman–Crippen LogP) is 1.66. The molecule has 2 nitrogen and oxygen atoms in total. The summed E-state index contributed by atoms with van der Waals surface area (Å²) in [7, 11) is -1.07. The van der Waals surface area contributed by atoms with Gasteiger partial charge in [-0.3, -0.25) is 0 Å². The summed E-state index contributed by atoms with van der Waals surface area (Å²) in [6.45, 7) is 7.76. The first-order valence-electron chi connectivity index (χ1n) is 4.56. The first kappa shape index (κ1) is 10.2. The summed E-state index contributed by atoms with van der Waals surface area (Å²) in [5.74, 6) is 0. The van der Waals surface area contributed by atoms with Crippen LogP contribution < -0.4 is 0 Å². The third-order valence-electron chi connectivity index (χ3n) is 2.18. The summed E-state index contributed by atoms with van der Waals surface area (Å²) in [5.41, 5.74) is 0. The van der Waals surface area contributed by atoms with Crippen LogP contribution >= 0.6 is 0 Å². The lowest BCUT2D eigenvalue weighted by atomic mass is 10.2. The minimum atomic E-state index is -1.07. The molecule has 1 fully saturated rings. The largest absolute Gasteiger partial charge is 0.381 e. The van der Waals surface area contributed by atoms with Gasteiger partial charge in [-0.1, -0.05) is 0 Å². The Labute approximate surface area is 77.1 Å². The molecule has 0 aromatic rings. The van der Waals surface area contributed by atoms with E-state index in [1.807, 2.05) is 0 Å². The molecule has 0 aromatic carbocycles. The maximum atomic E-state index is 11.9. The van der Waals surface area contributed by atoms with Crippen LogP contribution in [0.25, 0.3) is 0 Å². The van der Waals surface area contributed by atoms with Crippen LogP contribution in [0.2, 0.25) is 0 Å². The smallest absolute Gasteiger partial charge is 0.125 e. The average Bonchev–Trinajstić information content (AvgIpc) is 2.03. The maximum absolute atomic E-state index is 11.9. The van der Waals surface area contributed by atoms with Crippen molar-refractivity contribution in [2.24, 2.45) is 0 Å². The fourth-order valence-electron chi connectivity index (χ4n) is 1.47. The van der Waals surface area contributed by atoms with Crippen molar-refractivity contribution >= 4 is 10.8 Å². The molecule has 72 valence electrons. The van der Waals surface area contributed by atoms with Gasteiger partial charge in [-0.05, 0) is 20.8 Å². The average molecular weight is 191 g/mol. The van der Waals surface area contributed by atoms with Gasteiger partial charge in [0.1, 0.15) is 10.00 Å². The Morgan fingerprint density at radius 2 is 1.75 bits per heavy atom. The molecule has 0 bridgehead atoms. The van der Waals surface area contributed by atoms with Crippen molar-refractivity contribution in [3.8, 4) is 0 Å². The molecule has 0 aliphatic carbocycles. The SMILES string of the molecule is CC(C)(C)[SH+](=O)C1CCOCC1. The van der Waals surface area contributed by atoms with Crippen LogP contribution in [0.3, 0.4) is 0 Å². The highest BCUT2D eigenvalue weighted by Gasteiger charge is 2.34. The minimum Gasteiger partial charge on any atom is -0.381 e. The van der Waals surface area contributed by atoms with E-state index in [1.54, 1.807) is 0 Å². The summed E-state index contributed by atoms with van der Waals surface area (Å²) >= 11 is 0. The van der Waals surface area contributed by atoms with E-state index in [9.17, 15) is 4.21 Å². The molecule has 0 saturated carbocycles. The summed E-state index contributed by atoms with van der Waals surface area (Å²) < 4.78 is 17.1. The van der Waals surface area contributed by atoms with E-state index in [1.165, 1.54) is 0 Å². The van der Waals surface area contributed by atoms with Gasteiger partial charge in [0.05, 0.1) is 24.0 Å². The van der Waals surface area contributed by atoms with Gasteiger partial charge in [-0.2, -0.15) is 0 Å². The van der Waals surface area contributed by atoms with Crippen LogP contribution in [0.4, 0.5) is 0 Å². The molecule has 0 radical (unpaired) electrons. The lowest BCUT2D eigenvalue weighted by Crippen LogP contribution is -2.34. The van der Waals surface area contributed by atoms with Gasteiger partial charge >= 0.3 is 0 Å².